The summed E-state index contributed by atoms with van der Waals surface area (Å²) in [5.74, 6) is 3.88. The Balaban J connectivity index is 1.57. The quantitative estimate of drug-likeness (QED) is 0.468. The number of carbonyl (C=O) groups excluding carboxylic acids is 1. The number of hydrogen-bond acceptors (Lipinski definition) is 4. The minimum atomic E-state index is -0.299. The van der Waals surface area contributed by atoms with Crippen LogP contribution < -0.4 is 5.73 Å². The van der Waals surface area contributed by atoms with Crippen LogP contribution in [0.5, 0.6) is 0 Å². The van der Waals surface area contributed by atoms with Gasteiger partial charge in [-0.05, 0) is 48.3 Å². The van der Waals surface area contributed by atoms with Gasteiger partial charge in [0.15, 0.2) is 0 Å². The highest BCUT2D eigenvalue weighted by molar-refractivity contribution is 5.76. The molecule has 0 spiro atoms. The van der Waals surface area contributed by atoms with Gasteiger partial charge in [0.05, 0.1) is 18.6 Å². The maximum Gasteiger partial charge on any atom is 0.309 e. The van der Waals surface area contributed by atoms with Crippen molar-refractivity contribution >= 4 is 5.97 Å². The second kappa shape index (κ2) is 2.93. The third-order valence-electron chi connectivity index (χ3n) is 7.00. The van der Waals surface area contributed by atoms with E-state index < -0.39 is 0 Å². The molecule has 4 saturated carbocycles. The molecule has 18 heavy (non-hydrogen) atoms. The fourth-order valence-corrected chi connectivity index (χ4v) is 6.63. The third kappa shape index (κ3) is 0.874. The summed E-state index contributed by atoms with van der Waals surface area (Å²) in [5, 5.41) is 10.2. The number of ether oxygens (including phenoxy) is 1. The van der Waals surface area contributed by atoms with Gasteiger partial charge in [-0.1, -0.05) is 0 Å². The number of aliphatic hydroxyl groups is 1. The van der Waals surface area contributed by atoms with Crippen LogP contribution in [0.4, 0.5) is 0 Å². The standard InChI is InChI=1S/C14H19NO3/c15-12-6-2-7(13(12)16)9-4-1-5(10(6)9)11-8(4)3-18-14(11)17/h4-13,16H,1-3,15H2. The van der Waals surface area contributed by atoms with Crippen molar-refractivity contribution in [2.24, 2.45) is 53.1 Å². The van der Waals surface area contributed by atoms with E-state index >= 15 is 0 Å². The van der Waals surface area contributed by atoms with Crippen LogP contribution in [0.25, 0.3) is 0 Å². The van der Waals surface area contributed by atoms with Gasteiger partial charge in [-0.25, -0.2) is 0 Å². The van der Waals surface area contributed by atoms with Crippen molar-refractivity contribution in [2.75, 3.05) is 6.61 Å². The van der Waals surface area contributed by atoms with Gasteiger partial charge in [0, 0.05) is 12.0 Å². The van der Waals surface area contributed by atoms with E-state index in [0.717, 1.165) is 6.42 Å². The number of rotatable bonds is 0. The van der Waals surface area contributed by atoms with Crippen molar-refractivity contribution in [1.29, 1.82) is 0 Å². The molecule has 98 valence electrons. The zero-order chi connectivity index (χ0) is 12.2. The van der Waals surface area contributed by atoms with Crippen molar-refractivity contribution < 1.29 is 14.6 Å². The molecule has 5 fully saturated rings. The lowest BCUT2D eigenvalue weighted by atomic mass is 9.63. The van der Waals surface area contributed by atoms with E-state index in [9.17, 15) is 9.90 Å². The topological polar surface area (TPSA) is 72.6 Å². The molecule has 4 heteroatoms. The van der Waals surface area contributed by atoms with Crippen LogP contribution in [0.2, 0.25) is 0 Å². The van der Waals surface area contributed by atoms with Crippen LogP contribution in [0.1, 0.15) is 12.8 Å². The molecule has 3 N–H and O–H groups in total. The monoisotopic (exact) mass is 249 g/mol. The molecule has 5 aliphatic rings. The molecule has 4 bridgehead atoms. The van der Waals surface area contributed by atoms with E-state index in [2.05, 4.69) is 0 Å². The first-order valence-corrected chi connectivity index (χ1v) is 7.29. The van der Waals surface area contributed by atoms with Gasteiger partial charge in [-0.3, -0.25) is 4.79 Å². The number of carbonyl (C=O) groups is 1. The average molecular weight is 249 g/mol. The van der Waals surface area contributed by atoms with Crippen LogP contribution in [0, 0.1) is 47.3 Å². The number of nitrogens with two attached hydrogens (primary N) is 1. The fourth-order valence-electron chi connectivity index (χ4n) is 6.63. The third-order valence-corrected chi connectivity index (χ3v) is 7.00. The lowest BCUT2D eigenvalue weighted by Crippen LogP contribution is -2.51. The lowest BCUT2D eigenvalue weighted by Gasteiger charge is -2.42. The van der Waals surface area contributed by atoms with E-state index in [4.69, 9.17) is 10.5 Å². The van der Waals surface area contributed by atoms with Gasteiger partial charge < -0.3 is 15.6 Å². The number of aliphatic hydroxyl groups excluding tert-OH is 1. The first-order chi connectivity index (χ1) is 8.68. The molecular formula is C14H19NO3. The highest BCUT2D eigenvalue weighted by atomic mass is 16.5. The van der Waals surface area contributed by atoms with Crippen molar-refractivity contribution in [1.82, 2.24) is 0 Å². The Labute approximate surface area is 106 Å². The number of cyclic esters (lactones) is 1. The minimum Gasteiger partial charge on any atom is -0.465 e. The molecule has 4 nitrogen and oxygen atoms in total. The van der Waals surface area contributed by atoms with E-state index in [1.54, 1.807) is 0 Å². The van der Waals surface area contributed by atoms with Crippen molar-refractivity contribution in [2.45, 2.75) is 25.0 Å². The van der Waals surface area contributed by atoms with Crippen molar-refractivity contribution in [3.63, 3.8) is 0 Å². The summed E-state index contributed by atoms with van der Waals surface area (Å²) in [7, 11) is 0. The SMILES string of the molecule is NC1C(O)C2CC1C1C3CC(C4COC(=O)C43)C21. The van der Waals surface area contributed by atoms with Crippen molar-refractivity contribution in [3.05, 3.63) is 0 Å². The van der Waals surface area contributed by atoms with Crippen LogP contribution >= 0.6 is 0 Å². The summed E-state index contributed by atoms with van der Waals surface area (Å²) in [5.41, 5.74) is 6.16. The number of hydrogen-bond donors (Lipinski definition) is 2. The lowest BCUT2D eigenvalue weighted by molar-refractivity contribution is -0.143. The molecule has 0 amide bonds. The molecule has 0 radical (unpaired) electrons. The Bertz CT molecular complexity index is 439. The highest BCUT2D eigenvalue weighted by Gasteiger charge is 2.71. The van der Waals surface area contributed by atoms with Gasteiger partial charge in [0.2, 0.25) is 0 Å². The molecule has 1 heterocycles. The summed E-state index contributed by atoms with van der Waals surface area (Å²) >= 11 is 0. The van der Waals surface area contributed by atoms with E-state index in [1.807, 2.05) is 0 Å². The molecule has 5 rings (SSSR count). The highest BCUT2D eigenvalue weighted by Crippen LogP contribution is 2.70. The smallest absolute Gasteiger partial charge is 0.309 e. The van der Waals surface area contributed by atoms with Gasteiger partial charge in [0.25, 0.3) is 0 Å². The Kier molecular flexibility index (Phi) is 1.66. The normalized spacial score (nSPS) is 67.3. The maximum atomic E-state index is 11.9. The molecular weight excluding hydrogens is 230 g/mol. The Morgan fingerprint density at radius 2 is 1.78 bits per heavy atom. The molecule has 4 aliphatic carbocycles. The summed E-state index contributed by atoms with van der Waals surface area (Å²) in [6, 6.07) is -0.0496. The molecule has 0 aromatic rings. The second-order valence-electron chi connectivity index (χ2n) is 7.17. The van der Waals surface area contributed by atoms with Crippen molar-refractivity contribution in [3.8, 4) is 0 Å². The molecule has 1 saturated heterocycles. The predicted octanol–water partition coefficient (Wildman–Crippen LogP) is -0.00440. The van der Waals surface area contributed by atoms with Crippen LogP contribution in [0.15, 0.2) is 0 Å². The first kappa shape index (κ1) is 10.2. The molecule has 10 unspecified atom stereocenters. The first-order valence-electron chi connectivity index (χ1n) is 7.29. The summed E-state index contributed by atoms with van der Waals surface area (Å²) in [4.78, 5) is 11.9. The molecule has 1 aliphatic heterocycles. The zero-order valence-corrected chi connectivity index (χ0v) is 10.2. The zero-order valence-electron chi connectivity index (χ0n) is 10.2. The minimum absolute atomic E-state index is 0.0443. The Morgan fingerprint density at radius 3 is 2.61 bits per heavy atom. The van der Waals surface area contributed by atoms with Crippen LogP contribution in [-0.2, 0) is 9.53 Å². The molecule has 10 atom stereocenters. The van der Waals surface area contributed by atoms with Gasteiger partial charge in [0.1, 0.15) is 0 Å². The maximum absolute atomic E-state index is 11.9. The Morgan fingerprint density at radius 1 is 1.06 bits per heavy atom. The molecule has 0 aromatic carbocycles. The van der Waals surface area contributed by atoms with E-state index in [-0.39, 0.29) is 24.0 Å². The summed E-state index contributed by atoms with van der Waals surface area (Å²) in [6.45, 7) is 0.632. The van der Waals surface area contributed by atoms with Crippen LogP contribution in [-0.4, -0.2) is 29.8 Å². The largest absolute Gasteiger partial charge is 0.465 e. The average Bonchev–Trinajstić information content (AvgIpc) is 3.06. The van der Waals surface area contributed by atoms with Gasteiger partial charge in [-0.15, -0.1) is 0 Å². The summed E-state index contributed by atoms with van der Waals surface area (Å²) in [6.07, 6.45) is 1.98. The number of esters is 1. The fraction of sp³-hybridized carbons (Fsp3) is 0.929. The second-order valence-corrected chi connectivity index (χ2v) is 7.17. The van der Waals surface area contributed by atoms with Gasteiger partial charge in [-0.2, -0.15) is 0 Å². The number of fused-ring (bicyclic) bond motifs is 12. The Hall–Kier alpha value is -0.610. The van der Waals surface area contributed by atoms with Crippen LogP contribution in [0.3, 0.4) is 0 Å². The van der Waals surface area contributed by atoms with E-state index in [1.165, 1.54) is 6.42 Å². The van der Waals surface area contributed by atoms with Gasteiger partial charge >= 0.3 is 5.97 Å². The predicted molar refractivity (Wildman–Crippen MR) is 62.1 cm³/mol. The van der Waals surface area contributed by atoms with E-state index in [0.29, 0.717) is 48.0 Å². The summed E-state index contributed by atoms with van der Waals surface area (Å²) < 4.78 is 5.28. The molecule has 0 aromatic heterocycles.